The number of nitrogens with one attached hydrogen (secondary N) is 3. The summed E-state index contributed by atoms with van der Waals surface area (Å²) >= 11 is 0. The fourth-order valence-electron chi connectivity index (χ4n) is 3.73. The highest BCUT2D eigenvalue weighted by molar-refractivity contribution is 14.0. The van der Waals surface area contributed by atoms with Gasteiger partial charge in [-0.1, -0.05) is 24.6 Å². The van der Waals surface area contributed by atoms with Gasteiger partial charge in [0.25, 0.3) is 0 Å². The van der Waals surface area contributed by atoms with Crippen molar-refractivity contribution in [2.45, 2.75) is 45.1 Å². The average Bonchev–Trinajstić information content (AvgIpc) is 2.68. The van der Waals surface area contributed by atoms with Crippen LogP contribution in [0.5, 0.6) is 0 Å². The zero-order valence-corrected chi connectivity index (χ0v) is 21.0. The number of halogens is 1. The molecule has 0 radical (unpaired) electrons. The molecule has 1 aliphatic carbocycles. The van der Waals surface area contributed by atoms with E-state index in [4.69, 9.17) is 0 Å². The summed E-state index contributed by atoms with van der Waals surface area (Å²) in [5.41, 5.74) is 1.27. The maximum absolute atomic E-state index is 12.1. The molecule has 3 rings (SSSR count). The number of piperidine rings is 1. The maximum atomic E-state index is 12.1. The molecule has 170 valence electrons. The molecule has 1 aliphatic heterocycles. The van der Waals surface area contributed by atoms with Gasteiger partial charge in [-0.05, 0) is 50.7 Å². The largest absolute Gasteiger partial charge is 0.371 e. The molecular weight excluding hydrogens is 513 g/mol. The van der Waals surface area contributed by atoms with Crippen molar-refractivity contribution in [2.24, 2.45) is 10.9 Å². The van der Waals surface area contributed by atoms with E-state index in [1.54, 1.807) is 0 Å². The minimum absolute atomic E-state index is 0. The molecule has 0 atom stereocenters. The number of rotatable bonds is 9. The Bertz CT molecular complexity index is 748. The van der Waals surface area contributed by atoms with Crippen LogP contribution in [0.2, 0.25) is 0 Å². The van der Waals surface area contributed by atoms with Crippen molar-refractivity contribution < 1.29 is 8.42 Å². The first-order valence-electron chi connectivity index (χ1n) is 10.9. The fourth-order valence-corrected chi connectivity index (χ4v) is 4.69. The predicted molar refractivity (Wildman–Crippen MR) is 135 cm³/mol. The minimum atomic E-state index is -3.25. The molecule has 1 saturated heterocycles. The lowest BCUT2D eigenvalue weighted by Gasteiger charge is -2.34. The SMILES string of the molecule is CCNC(=NCCS(=O)(=O)NCC1CCC1)NC1CCN(c2ccccc2)CC1.I. The standard InChI is InChI=1S/C21H35N5O2S.HI/c1-2-22-21(23-13-16-29(27,28)24-17-18-7-6-8-18)25-19-11-14-26(15-12-19)20-9-4-3-5-10-20;/h3-5,9-10,18-19,24H,2,6-8,11-17H2,1H3,(H2,22,23,25);1H. The van der Waals surface area contributed by atoms with Crippen molar-refractivity contribution in [3.05, 3.63) is 30.3 Å². The number of para-hydroxylation sites is 1. The van der Waals surface area contributed by atoms with Gasteiger partial charge in [0, 0.05) is 37.9 Å². The molecule has 9 heteroatoms. The summed E-state index contributed by atoms with van der Waals surface area (Å²) in [6.45, 7) is 5.61. The van der Waals surface area contributed by atoms with Crippen LogP contribution in [0.25, 0.3) is 0 Å². The van der Waals surface area contributed by atoms with Gasteiger partial charge in [-0.15, -0.1) is 24.0 Å². The van der Waals surface area contributed by atoms with E-state index < -0.39 is 10.0 Å². The van der Waals surface area contributed by atoms with Gasteiger partial charge in [-0.3, -0.25) is 4.99 Å². The molecule has 1 saturated carbocycles. The zero-order chi connectivity index (χ0) is 20.5. The highest BCUT2D eigenvalue weighted by Gasteiger charge is 2.21. The molecule has 2 aliphatic rings. The fraction of sp³-hybridized carbons (Fsp3) is 0.667. The Morgan fingerprint density at radius 3 is 2.43 bits per heavy atom. The van der Waals surface area contributed by atoms with Crippen molar-refractivity contribution in [3.8, 4) is 0 Å². The van der Waals surface area contributed by atoms with Gasteiger partial charge in [0.15, 0.2) is 5.96 Å². The second-order valence-corrected chi connectivity index (χ2v) is 9.89. The predicted octanol–water partition coefficient (Wildman–Crippen LogP) is 2.55. The molecule has 30 heavy (non-hydrogen) atoms. The number of anilines is 1. The summed E-state index contributed by atoms with van der Waals surface area (Å²) in [4.78, 5) is 6.90. The van der Waals surface area contributed by atoms with E-state index in [2.05, 4.69) is 49.5 Å². The number of aliphatic imine (C=N–C) groups is 1. The molecule has 1 aromatic rings. The lowest BCUT2D eigenvalue weighted by atomic mass is 9.86. The van der Waals surface area contributed by atoms with E-state index >= 15 is 0 Å². The van der Waals surface area contributed by atoms with Crippen LogP contribution < -0.4 is 20.3 Å². The minimum Gasteiger partial charge on any atom is -0.371 e. The molecule has 1 heterocycles. The van der Waals surface area contributed by atoms with Crippen molar-refractivity contribution >= 4 is 45.6 Å². The van der Waals surface area contributed by atoms with Gasteiger partial charge in [-0.2, -0.15) is 0 Å². The maximum Gasteiger partial charge on any atom is 0.213 e. The van der Waals surface area contributed by atoms with Crippen molar-refractivity contribution in [1.29, 1.82) is 0 Å². The normalized spacial score (nSPS) is 18.4. The summed E-state index contributed by atoms with van der Waals surface area (Å²) < 4.78 is 27.0. The van der Waals surface area contributed by atoms with Gasteiger partial charge < -0.3 is 15.5 Å². The van der Waals surface area contributed by atoms with Crippen LogP contribution in [0.4, 0.5) is 5.69 Å². The van der Waals surface area contributed by atoms with E-state index in [0.29, 0.717) is 24.5 Å². The van der Waals surface area contributed by atoms with Crippen LogP contribution >= 0.6 is 24.0 Å². The molecule has 1 aromatic carbocycles. The molecule has 3 N–H and O–H groups in total. The van der Waals surface area contributed by atoms with Gasteiger partial charge in [0.2, 0.25) is 10.0 Å². The zero-order valence-electron chi connectivity index (χ0n) is 17.8. The van der Waals surface area contributed by atoms with E-state index in [9.17, 15) is 8.42 Å². The van der Waals surface area contributed by atoms with E-state index in [1.807, 2.05) is 13.0 Å². The summed E-state index contributed by atoms with van der Waals surface area (Å²) in [5.74, 6) is 1.26. The van der Waals surface area contributed by atoms with Crippen LogP contribution in [0.15, 0.2) is 35.3 Å². The van der Waals surface area contributed by atoms with Gasteiger partial charge in [0.05, 0.1) is 12.3 Å². The van der Waals surface area contributed by atoms with Crippen LogP contribution in [0.1, 0.15) is 39.0 Å². The summed E-state index contributed by atoms with van der Waals surface area (Å²) in [7, 11) is -3.25. The lowest BCUT2D eigenvalue weighted by Crippen LogP contribution is -2.49. The number of benzene rings is 1. The highest BCUT2D eigenvalue weighted by Crippen LogP contribution is 2.25. The van der Waals surface area contributed by atoms with Crippen molar-refractivity contribution in [1.82, 2.24) is 15.4 Å². The van der Waals surface area contributed by atoms with Gasteiger partial charge >= 0.3 is 0 Å². The molecular formula is C21H36IN5O2S. The van der Waals surface area contributed by atoms with Crippen LogP contribution in [0, 0.1) is 5.92 Å². The molecule has 0 unspecified atom stereocenters. The Hall–Kier alpha value is -1.07. The molecule has 0 aromatic heterocycles. The summed E-state index contributed by atoms with van der Waals surface area (Å²) in [6.07, 6.45) is 5.55. The van der Waals surface area contributed by atoms with Crippen molar-refractivity contribution in [3.63, 3.8) is 0 Å². The number of hydrogen-bond donors (Lipinski definition) is 3. The third-order valence-corrected chi connectivity index (χ3v) is 7.07. The summed E-state index contributed by atoms with van der Waals surface area (Å²) in [6, 6.07) is 10.8. The number of sulfonamides is 1. The monoisotopic (exact) mass is 549 g/mol. The molecule has 0 amide bonds. The Morgan fingerprint density at radius 1 is 1.13 bits per heavy atom. The number of guanidine groups is 1. The van der Waals surface area contributed by atoms with Gasteiger partial charge in [-0.25, -0.2) is 13.1 Å². The number of hydrogen-bond acceptors (Lipinski definition) is 4. The first kappa shape index (κ1) is 25.2. The second kappa shape index (κ2) is 12.7. The molecule has 0 bridgehead atoms. The smallest absolute Gasteiger partial charge is 0.213 e. The number of nitrogens with zero attached hydrogens (tertiary/aromatic N) is 2. The van der Waals surface area contributed by atoms with E-state index in [0.717, 1.165) is 45.3 Å². The van der Waals surface area contributed by atoms with Crippen molar-refractivity contribution in [2.75, 3.05) is 43.4 Å². The Morgan fingerprint density at radius 2 is 1.83 bits per heavy atom. The van der Waals surface area contributed by atoms with E-state index in [1.165, 1.54) is 12.1 Å². The summed E-state index contributed by atoms with van der Waals surface area (Å²) in [5, 5.41) is 6.72. The highest BCUT2D eigenvalue weighted by atomic mass is 127. The lowest BCUT2D eigenvalue weighted by molar-refractivity contribution is 0.316. The third-order valence-electron chi connectivity index (χ3n) is 5.75. The second-order valence-electron chi connectivity index (χ2n) is 7.97. The van der Waals surface area contributed by atoms with Gasteiger partial charge in [0.1, 0.15) is 0 Å². The first-order valence-corrected chi connectivity index (χ1v) is 12.5. The first-order chi connectivity index (χ1) is 14.1. The molecule has 0 spiro atoms. The molecule has 2 fully saturated rings. The van der Waals surface area contributed by atoms with E-state index in [-0.39, 0.29) is 36.3 Å². The van der Waals surface area contributed by atoms with Crippen LogP contribution in [0.3, 0.4) is 0 Å². The topological polar surface area (TPSA) is 85.8 Å². The van der Waals surface area contributed by atoms with Crippen LogP contribution in [-0.4, -0.2) is 58.9 Å². The quantitative estimate of drug-likeness (QED) is 0.251. The van der Waals surface area contributed by atoms with Crippen LogP contribution in [-0.2, 0) is 10.0 Å². The Labute approximate surface area is 198 Å². The third kappa shape index (κ3) is 8.22. The Balaban J connectivity index is 0.00000320. The Kier molecular flexibility index (Phi) is 10.7. The average molecular weight is 550 g/mol. The molecule has 7 nitrogen and oxygen atoms in total.